The van der Waals surface area contributed by atoms with Crippen molar-refractivity contribution in [1.82, 2.24) is 52.3 Å². The summed E-state index contributed by atoms with van der Waals surface area (Å²) in [7, 11) is -6.87. The molecular formula is C53H94N10O19S4. The Morgan fingerprint density at radius 2 is 0.593 bits per heavy atom. The third-order valence-electron chi connectivity index (χ3n) is 11.7. The summed E-state index contributed by atoms with van der Waals surface area (Å²) in [6, 6.07) is 0. The Balaban J connectivity index is 5.21. The lowest BCUT2D eigenvalue weighted by Crippen LogP contribution is -2.43. The van der Waals surface area contributed by atoms with Crippen LogP contribution < -0.4 is 42.5 Å². The van der Waals surface area contributed by atoms with E-state index in [4.69, 9.17) is 14.2 Å². The summed E-state index contributed by atoms with van der Waals surface area (Å²) < 4.78 is 61.5. The van der Waals surface area contributed by atoms with Crippen molar-refractivity contribution in [3.8, 4) is 0 Å². The zero-order chi connectivity index (χ0) is 64.4. The van der Waals surface area contributed by atoms with Crippen molar-refractivity contribution < 1.29 is 88.6 Å². The zero-order valence-electron chi connectivity index (χ0n) is 50.4. The van der Waals surface area contributed by atoms with Gasteiger partial charge in [0, 0.05) is 131 Å². The number of carbonyl (C=O) groups is 12. The molecule has 0 fully saturated rings. The Kier molecular flexibility index (Phi) is 46.8. The average molecular weight is 1300 g/mol. The maximum absolute atomic E-state index is 13.2. The smallest absolute Gasteiger partial charge is 0.409 e. The van der Waals surface area contributed by atoms with Crippen LogP contribution >= 0.6 is 23.5 Å². The summed E-state index contributed by atoms with van der Waals surface area (Å²) in [5.74, 6) is -3.79. The van der Waals surface area contributed by atoms with Gasteiger partial charge in [0.15, 0.2) is 29.9 Å². The first-order valence-corrected chi connectivity index (χ1v) is 35.0. The molecule has 0 aliphatic heterocycles. The van der Waals surface area contributed by atoms with E-state index in [1.807, 2.05) is 0 Å². The number of amides is 10. The molecule has 8 N–H and O–H groups in total. The van der Waals surface area contributed by atoms with Gasteiger partial charge in [0.2, 0.25) is 47.3 Å². The highest BCUT2D eigenvalue weighted by Crippen LogP contribution is 2.06. The SMILES string of the molecule is CC(=O)SCC(=O)NCCCCCC(=O)NCCN(CCNC(=O)CCCCCNC(=O)CSC(C)=O)C(=O)OCCOCCOC(=O)N(CCNC(=O)CCCCCCNC(=O)CS(C)(=O)=O)CCNC(=O)CCCCCNC(=O)CS(C)(=O)=O. The molecule has 0 atom stereocenters. The number of hydrogen-bond acceptors (Lipinski definition) is 21. The highest BCUT2D eigenvalue weighted by atomic mass is 32.2. The third-order valence-corrected chi connectivity index (χ3v) is 14.9. The van der Waals surface area contributed by atoms with Crippen LogP contribution in [0.1, 0.15) is 123 Å². The summed E-state index contributed by atoms with van der Waals surface area (Å²) >= 11 is 1.85. The van der Waals surface area contributed by atoms with Crippen LogP contribution in [-0.2, 0) is 81.8 Å². The Bertz CT molecular complexity index is 2280. The van der Waals surface area contributed by atoms with Crippen LogP contribution in [0, 0.1) is 0 Å². The van der Waals surface area contributed by atoms with E-state index in [0.29, 0.717) is 103 Å². The van der Waals surface area contributed by atoms with Crippen molar-refractivity contribution in [2.24, 2.45) is 0 Å². The second kappa shape index (κ2) is 50.2. The molecule has 33 heteroatoms. The molecule has 10 amide bonds. The van der Waals surface area contributed by atoms with Crippen LogP contribution in [0.4, 0.5) is 9.59 Å². The first-order valence-electron chi connectivity index (χ1n) is 28.9. The van der Waals surface area contributed by atoms with Gasteiger partial charge in [-0.1, -0.05) is 55.6 Å². The van der Waals surface area contributed by atoms with Crippen molar-refractivity contribution in [2.45, 2.75) is 123 Å². The van der Waals surface area contributed by atoms with E-state index in [1.165, 1.54) is 23.6 Å². The molecule has 0 bridgehead atoms. The van der Waals surface area contributed by atoms with Gasteiger partial charge in [-0.3, -0.25) is 47.9 Å². The molecule has 494 valence electrons. The molecule has 86 heavy (non-hydrogen) atoms. The van der Waals surface area contributed by atoms with E-state index in [0.717, 1.165) is 36.0 Å². The molecule has 0 spiro atoms. The molecule has 0 aromatic carbocycles. The molecule has 0 radical (unpaired) electrons. The molecule has 0 heterocycles. The van der Waals surface area contributed by atoms with Crippen LogP contribution in [0.15, 0.2) is 0 Å². The topological polar surface area (TPSA) is 404 Å². The number of carbonyl (C=O) groups excluding carboxylic acids is 12. The monoisotopic (exact) mass is 1300 g/mol. The van der Waals surface area contributed by atoms with E-state index >= 15 is 0 Å². The summed E-state index contributed by atoms with van der Waals surface area (Å²) in [5, 5.41) is 21.3. The van der Waals surface area contributed by atoms with Gasteiger partial charge in [-0.15, -0.1) is 0 Å². The van der Waals surface area contributed by atoms with E-state index in [1.54, 1.807) is 0 Å². The molecule has 0 saturated heterocycles. The Morgan fingerprint density at radius 1 is 0.337 bits per heavy atom. The molecule has 0 aliphatic rings. The van der Waals surface area contributed by atoms with Crippen molar-refractivity contribution in [3.05, 3.63) is 0 Å². The highest BCUT2D eigenvalue weighted by molar-refractivity contribution is 8.14. The van der Waals surface area contributed by atoms with Crippen molar-refractivity contribution in [3.63, 3.8) is 0 Å². The first-order chi connectivity index (χ1) is 40.8. The van der Waals surface area contributed by atoms with Crippen molar-refractivity contribution in [1.29, 1.82) is 0 Å². The quantitative estimate of drug-likeness (QED) is 0.0374. The second-order valence-electron chi connectivity index (χ2n) is 19.9. The fraction of sp³-hybridized carbons (Fsp3) is 0.774. The van der Waals surface area contributed by atoms with E-state index < -0.39 is 55.2 Å². The Labute approximate surface area is 514 Å². The lowest BCUT2D eigenvalue weighted by atomic mass is 10.1. The normalized spacial score (nSPS) is 11.1. The summed E-state index contributed by atoms with van der Waals surface area (Å²) in [6.45, 7) is 3.99. The van der Waals surface area contributed by atoms with Gasteiger partial charge in [-0.2, -0.15) is 0 Å². The number of thioether (sulfide) groups is 2. The standard InChI is InChI=1S/C53H94N10O19S4/c1-42(64)83-38-48(70)54-22-15-7-11-19-45(67)59-27-32-63(33-28-60-46(68)20-12-8-16-23-55-49(71)39-84-43(2)65)53(75)82-37-35-80-34-36-81-52(74)62(31-29-61-47(69)21-13-9-17-25-57-51(73)41-86(4,78)79)30-26-58-44(66)18-10-5-6-14-24-56-50(72)40-85(3,76)77/h5-41H2,1-4H3,(H,54,70)(H,55,71)(H,56,72)(H,57,73)(H,58,66)(H,59,67)(H,60,68)(H,61,69). The van der Waals surface area contributed by atoms with Gasteiger partial charge < -0.3 is 66.5 Å². The molecular weight excluding hydrogens is 1210 g/mol. The maximum Gasteiger partial charge on any atom is 0.409 e. The molecule has 0 aromatic heterocycles. The number of nitrogens with zero attached hydrogens (tertiary/aromatic N) is 2. The van der Waals surface area contributed by atoms with Gasteiger partial charge in [0.25, 0.3) is 0 Å². The van der Waals surface area contributed by atoms with Crippen LogP contribution in [0.25, 0.3) is 0 Å². The average Bonchev–Trinajstić information content (AvgIpc) is 3.58. The van der Waals surface area contributed by atoms with Crippen LogP contribution in [0.5, 0.6) is 0 Å². The summed E-state index contributed by atoms with van der Waals surface area (Å²) in [5.41, 5.74) is 0. The lowest BCUT2D eigenvalue weighted by Gasteiger charge is -2.23. The maximum atomic E-state index is 13.2. The number of hydrogen-bond donors (Lipinski definition) is 8. The fourth-order valence-corrected chi connectivity index (χ4v) is 9.41. The summed E-state index contributed by atoms with van der Waals surface area (Å²) in [6.07, 6.45) is 9.08. The largest absolute Gasteiger partial charge is 0.447 e. The minimum atomic E-state index is -3.45. The molecule has 0 rings (SSSR count). The number of nitrogens with one attached hydrogen (secondary N) is 8. The Hall–Kier alpha value is -5.80. The number of ether oxygens (including phenoxy) is 3. The minimum absolute atomic E-state index is 0.0218. The van der Waals surface area contributed by atoms with Crippen molar-refractivity contribution >= 4 is 113 Å². The van der Waals surface area contributed by atoms with Gasteiger partial charge in [0.1, 0.15) is 24.7 Å². The third kappa shape index (κ3) is 53.7. The second-order valence-corrected chi connectivity index (χ2v) is 26.5. The zero-order valence-corrected chi connectivity index (χ0v) is 53.7. The summed E-state index contributed by atoms with van der Waals surface area (Å²) in [4.78, 5) is 149. The van der Waals surface area contributed by atoms with Gasteiger partial charge in [0.05, 0.1) is 24.7 Å². The number of unbranched alkanes of at least 4 members (excludes halogenated alkanes) is 9. The van der Waals surface area contributed by atoms with Crippen molar-refractivity contribution in [2.75, 3.05) is 140 Å². The predicted molar refractivity (Wildman–Crippen MR) is 325 cm³/mol. The molecule has 0 aromatic rings. The lowest BCUT2D eigenvalue weighted by molar-refractivity contribution is -0.122. The Morgan fingerprint density at radius 3 is 0.872 bits per heavy atom. The molecule has 29 nitrogen and oxygen atoms in total. The molecule has 0 saturated carbocycles. The van der Waals surface area contributed by atoms with Gasteiger partial charge in [-0.25, -0.2) is 26.4 Å². The van der Waals surface area contributed by atoms with Crippen LogP contribution in [0.3, 0.4) is 0 Å². The van der Waals surface area contributed by atoms with E-state index in [9.17, 15) is 74.4 Å². The molecule has 0 unspecified atom stereocenters. The van der Waals surface area contributed by atoms with Crippen LogP contribution in [-0.4, -0.2) is 237 Å². The first kappa shape index (κ1) is 80.2. The predicted octanol–water partition coefficient (Wildman–Crippen LogP) is 0.0901. The highest BCUT2D eigenvalue weighted by Gasteiger charge is 2.19. The van der Waals surface area contributed by atoms with Gasteiger partial charge >= 0.3 is 12.2 Å². The number of sulfone groups is 2. The fourth-order valence-electron chi connectivity index (χ4n) is 7.38. The number of rotatable bonds is 51. The van der Waals surface area contributed by atoms with E-state index in [-0.39, 0.29) is 168 Å². The molecule has 0 aliphatic carbocycles. The van der Waals surface area contributed by atoms with E-state index in [2.05, 4.69) is 42.5 Å². The van der Waals surface area contributed by atoms with Crippen LogP contribution in [0.2, 0.25) is 0 Å². The van der Waals surface area contributed by atoms with Gasteiger partial charge in [-0.05, 0) is 51.4 Å². The minimum Gasteiger partial charge on any atom is -0.447 e.